The number of hydrogen-bond acceptors (Lipinski definition) is 6. The Kier molecular flexibility index (Phi) is 7.07. The number of esters is 1. The van der Waals surface area contributed by atoms with E-state index in [1.165, 1.54) is 30.3 Å². The van der Waals surface area contributed by atoms with Crippen LogP contribution in [0.4, 0.5) is 11.4 Å². The number of non-ortho nitro benzene ring substituents is 1. The van der Waals surface area contributed by atoms with Gasteiger partial charge in [-0.2, -0.15) is 0 Å². The fraction of sp³-hybridized carbons (Fsp3) is 0.158. The topological polar surface area (TPSA) is 108 Å². The molecule has 0 aliphatic heterocycles. The van der Waals surface area contributed by atoms with Crippen LogP contribution in [-0.4, -0.2) is 30.0 Å². The molecule has 0 fully saturated rings. The predicted molar refractivity (Wildman–Crippen MR) is 99.3 cm³/mol. The van der Waals surface area contributed by atoms with Gasteiger partial charge in [0.15, 0.2) is 6.61 Å². The standard InChI is InChI=1S/C19H18N2O6/c1-2-26-17-6-4-3-5-16(17)20-18(22)13-27-19(23)12-9-14-7-10-15(11-8-14)21(24)25/h3-12H,2,13H2,1H3,(H,20,22)/b12-9+. The number of amides is 1. The molecule has 2 aromatic rings. The van der Waals surface area contributed by atoms with Gasteiger partial charge in [-0.25, -0.2) is 4.79 Å². The summed E-state index contributed by atoms with van der Waals surface area (Å²) in [6, 6.07) is 12.6. The normalized spacial score (nSPS) is 10.4. The highest BCUT2D eigenvalue weighted by molar-refractivity contribution is 5.95. The number of nitrogens with one attached hydrogen (secondary N) is 1. The maximum Gasteiger partial charge on any atom is 0.331 e. The molecule has 8 heteroatoms. The summed E-state index contributed by atoms with van der Waals surface area (Å²) in [4.78, 5) is 33.7. The van der Waals surface area contributed by atoms with Crippen molar-refractivity contribution in [3.05, 3.63) is 70.3 Å². The summed E-state index contributed by atoms with van der Waals surface area (Å²) < 4.78 is 10.3. The first-order valence-corrected chi connectivity index (χ1v) is 8.10. The Morgan fingerprint density at radius 1 is 1.15 bits per heavy atom. The second-order valence-corrected chi connectivity index (χ2v) is 5.27. The van der Waals surface area contributed by atoms with Crippen LogP contribution in [0.2, 0.25) is 0 Å². The van der Waals surface area contributed by atoms with Crippen LogP contribution in [0.15, 0.2) is 54.6 Å². The van der Waals surface area contributed by atoms with Crippen molar-refractivity contribution >= 4 is 29.3 Å². The molecule has 2 rings (SSSR count). The summed E-state index contributed by atoms with van der Waals surface area (Å²) in [6.07, 6.45) is 2.58. The Labute approximate surface area is 155 Å². The minimum atomic E-state index is -0.707. The van der Waals surface area contributed by atoms with E-state index in [-0.39, 0.29) is 5.69 Å². The van der Waals surface area contributed by atoms with Crippen LogP contribution in [0.25, 0.3) is 6.08 Å². The van der Waals surface area contributed by atoms with Gasteiger partial charge < -0.3 is 14.8 Å². The average molecular weight is 370 g/mol. The summed E-state index contributed by atoms with van der Waals surface area (Å²) >= 11 is 0. The maximum atomic E-state index is 11.9. The van der Waals surface area contributed by atoms with Gasteiger partial charge in [0.2, 0.25) is 0 Å². The van der Waals surface area contributed by atoms with Gasteiger partial charge in [-0.15, -0.1) is 0 Å². The Morgan fingerprint density at radius 2 is 1.85 bits per heavy atom. The first-order chi connectivity index (χ1) is 13.0. The summed E-state index contributed by atoms with van der Waals surface area (Å²) in [5.41, 5.74) is 1.04. The van der Waals surface area contributed by atoms with Crippen molar-refractivity contribution in [2.45, 2.75) is 6.92 Å². The highest BCUT2D eigenvalue weighted by Gasteiger charge is 2.09. The van der Waals surface area contributed by atoms with Crippen LogP contribution in [0, 0.1) is 10.1 Å². The molecule has 0 radical (unpaired) electrons. The van der Waals surface area contributed by atoms with Gasteiger partial charge in [-0.05, 0) is 42.8 Å². The highest BCUT2D eigenvalue weighted by Crippen LogP contribution is 2.23. The van der Waals surface area contributed by atoms with Crippen LogP contribution < -0.4 is 10.1 Å². The SMILES string of the molecule is CCOc1ccccc1NC(=O)COC(=O)/C=C/c1ccc([N+](=O)[O-])cc1. The lowest BCUT2D eigenvalue weighted by atomic mass is 10.2. The average Bonchev–Trinajstić information content (AvgIpc) is 2.67. The van der Waals surface area contributed by atoms with Gasteiger partial charge in [0.05, 0.1) is 17.2 Å². The van der Waals surface area contributed by atoms with Gasteiger partial charge in [0, 0.05) is 18.2 Å². The van der Waals surface area contributed by atoms with Gasteiger partial charge in [-0.3, -0.25) is 14.9 Å². The Morgan fingerprint density at radius 3 is 2.52 bits per heavy atom. The third-order valence-corrected chi connectivity index (χ3v) is 3.32. The minimum Gasteiger partial charge on any atom is -0.492 e. The number of ether oxygens (including phenoxy) is 2. The largest absolute Gasteiger partial charge is 0.492 e. The number of nitrogens with zero attached hydrogens (tertiary/aromatic N) is 1. The van der Waals surface area contributed by atoms with Gasteiger partial charge >= 0.3 is 5.97 Å². The molecule has 8 nitrogen and oxygen atoms in total. The van der Waals surface area contributed by atoms with Crippen molar-refractivity contribution in [2.75, 3.05) is 18.5 Å². The number of nitro benzene ring substituents is 1. The summed E-state index contributed by atoms with van der Waals surface area (Å²) in [5.74, 6) is -0.682. The fourth-order valence-electron chi connectivity index (χ4n) is 2.09. The Hall–Kier alpha value is -3.68. The molecule has 0 unspecified atom stereocenters. The smallest absolute Gasteiger partial charge is 0.331 e. The molecule has 0 heterocycles. The van der Waals surface area contributed by atoms with Crippen molar-refractivity contribution in [1.82, 2.24) is 0 Å². The van der Waals surface area contributed by atoms with Crippen molar-refractivity contribution in [3.8, 4) is 5.75 Å². The second-order valence-electron chi connectivity index (χ2n) is 5.27. The third-order valence-electron chi connectivity index (χ3n) is 3.32. The van der Waals surface area contributed by atoms with E-state index in [1.54, 1.807) is 24.3 Å². The second kappa shape index (κ2) is 9.71. The molecule has 0 aliphatic rings. The number of carbonyl (C=O) groups excluding carboxylic acids is 2. The number of para-hydroxylation sites is 2. The molecule has 27 heavy (non-hydrogen) atoms. The van der Waals surface area contributed by atoms with E-state index in [9.17, 15) is 19.7 Å². The number of hydrogen-bond donors (Lipinski definition) is 1. The number of anilines is 1. The van der Waals surface area contributed by atoms with E-state index >= 15 is 0 Å². The lowest BCUT2D eigenvalue weighted by molar-refractivity contribution is -0.384. The molecule has 1 amide bonds. The van der Waals surface area contributed by atoms with E-state index < -0.39 is 23.4 Å². The summed E-state index contributed by atoms with van der Waals surface area (Å²) in [7, 11) is 0. The van der Waals surface area contributed by atoms with Gasteiger partial charge in [-0.1, -0.05) is 12.1 Å². The number of carbonyl (C=O) groups is 2. The van der Waals surface area contributed by atoms with Crippen molar-refractivity contribution < 1.29 is 24.0 Å². The molecule has 0 aliphatic carbocycles. The zero-order valence-electron chi connectivity index (χ0n) is 14.6. The van der Waals surface area contributed by atoms with Gasteiger partial charge in [0.25, 0.3) is 11.6 Å². The van der Waals surface area contributed by atoms with E-state index in [0.717, 1.165) is 6.08 Å². The lowest BCUT2D eigenvalue weighted by Gasteiger charge is -2.11. The van der Waals surface area contributed by atoms with Crippen LogP contribution >= 0.6 is 0 Å². The fourth-order valence-corrected chi connectivity index (χ4v) is 2.09. The lowest BCUT2D eigenvalue weighted by Crippen LogP contribution is -2.20. The van der Waals surface area contributed by atoms with Crippen LogP contribution in [0.3, 0.4) is 0 Å². The molecule has 0 spiro atoms. The number of rotatable bonds is 8. The Balaban J connectivity index is 1.84. The third kappa shape index (κ3) is 6.28. The van der Waals surface area contributed by atoms with Crippen molar-refractivity contribution in [2.24, 2.45) is 0 Å². The van der Waals surface area contributed by atoms with Crippen LogP contribution in [-0.2, 0) is 14.3 Å². The Bertz CT molecular complexity index is 846. The quantitative estimate of drug-likeness (QED) is 0.331. The van der Waals surface area contributed by atoms with Crippen molar-refractivity contribution in [1.29, 1.82) is 0 Å². The molecule has 0 saturated carbocycles. The highest BCUT2D eigenvalue weighted by atomic mass is 16.6. The van der Waals surface area contributed by atoms with Crippen molar-refractivity contribution in [3.63, 3.8) is 0 Å². The molecule has 140 valence electrons. The van der Waals surface area contributed by atoms with Crippen LogP contribution in [0.5, 0.6) is 5.75 Å². The monoisotopic (exact) mass is 370 g/mol. The van der Waals surface area contributed by atoms with E-state index in [0.29, 0.717) is 23.6 Å². The predicted octanol–water partition coefficient (Wildman–Crippen LogP) is 3.19. The summed E-state index contributed by atoms with van der Waals surface area (Å²) in [5, 5.41) is 13.2. The molecule has 1 N–H and O–H groups in total. The first kappa shape index (κ1) is 19.6. The minimum absolute atomic E-state index is 0.0428. The van der Waals surface area contributed by atoms with Crippen LogP contribution in [0.1, 0.15) is 12.5 Å². The van der Waals surface area contributed by atoms with E-state index in [4.69, 9.17) is 9.47 Å². The maximum absolute atomic E-state index is 11.9. The van der Waals surface area contributed by atoms with E-state index in [1.807, 2.05) is 6.92 Å². The van der Waals surface area contributed by atoms with Gasteiger partial charge in [0.1, 0.15) is 5.75 Å². The molecular weight excluding hydrogens is 352 g/mol. The summed E-state index contributed by atoms with van der Waals surface area (Å²) in [6.45, 7) is 1.83. The molecule has 2 aromatic carbocycles. The molecular formula is C19H18N2O6. The number of benzene rings is 2. The zero-order chi connectivity index (χ0) is 19.6. The zero-order valence-corrected chi connectivity index (χ0v) is 14.6. The first-order valence-electron chi connectivity index (χ1n) is 8.10. The number of nitro groups is 1. The molecule has 0 saturated heterocycles. The molecule has 0 aromatic heterocycles. The molecule has 0 atom stereocenters. The molecule has 0 bridgehead atoms. The van der Waals surface area contributed by atoms with E-state index in [2.05, 4.69) is 5.32 Å².